The molecule has 0 saturated carbocycles. The lowest BCUT2D eigenvalue weighted by Gasteiger charge is -2.45. The Balaban J connectivity index is 7.56. The van der Waals surface area contributed by atoms with Crippen molar-refractivity contribution >= 4 is 6.29 Å². The van der Waals surface area contributed by atoms with E-state index in [0.29, 0.717) is 0 Å². The molecule has 0 aromatic carbocycles. The average Bonchev–Trinajstić information content (AvgIpc) is 3.08. The first kappa shape index (κ1) is 64.7. The SMILES string of the molecule is O=CCC(CC(F)(F)C(F)(F)C(F)(F)C(F)(F)C(F)(F)C(F)(F)C(F)(F)C(F)(F)C(F)(F)C(F)(F)F)CC(F)(F)C(F)(F)C(F)(F)C(F)(F)C(F)(F)C(F)(F)C(F)(F)C(F)(F)C(F)(F)C(F)(F)F. The first-order valence-corrected chi connectivity index (χ1v) is 15.0. The summed E-state index contributed by atoms with van der Waals surface area (Å²) in [6.45, 7) is 0. The van der Waals surface area contributed by atoms with Gasteiger partial charge in [0.15, 0.2) is 0 Å². The van der Waals surface area contributed by atoms with Crippen LogP contribution in [0.2, 0.25) is 0 Å². The van der Waals surface area contributed by atoms with Crippen molar-refractivity contribution in [2.45, 2.75) is 138 Å². The summed E-state index contributed by atoms with van der Waals surface area (Å²) in [6, 6.07) is 0. The lowest BCUT2D eigenvalue weighted by Crippen LogP contribution is -2.77. The van der Waals surface area contributed by atoms with Gasteiger partial charge in [-0.2, -0.15) is 184 Å². The van der Waals surface area contributed by atoms with Gasteiger partial charge in [0, 0.05) is 19.3 Å². The summed E-state index contributed by atoms with van der Waals surface area (Å²) in [5.74, 6) is -174. The minimum atomic E-state index is -9.89. The summed E-state index contributed by atoms with van der Waals surface area (Å²) >= 11 is 0. The smallest absolute Gasteiger partial charge is 0.303 e. The molecule has 68 heavy (non-hydrogen) atoms. The van der Waals surface area contributed by atoms with Crippen molar-refractivity contribution in [2.75, 3.05) is 0 Å². The highest BCUT2D eigenvalue weighted by Crippen LogP contribution is 2.69. The van der Waals surface area contributed by atoms with E-state index in [1.807, 2.05) is 0 Å². The standard InChI is InChI=1S/C25H8F42O/c26-6(27,8(30,31)10(34,35)12(38,39)14(42,43)16(46,47)18(50,51)20(54,55)22(58,59)24(62,63)64)3-5(1-2-68)4-7(28,29)9(32,33)11(36,37)13(40,41)15(44,45)17(48,49)19(52,53)21(56,57)23(60,61)25(65,66)67/h2,5H,1,3-4H2. The van der Waals surface area contributed by atoms with Crippen LogP contribution in [-0.4, -0.2) is 125 Å². The van der Waals surface area contributed by atoms with E-state index in [9.17, 15) is 189 Å². The van der Waals surface area contributed by atoms with Crippen LogP contribution in [0.15, 0.2) is 0 Å². The molecule has 0 saturated heterocycles. The number of halogens is 42. The van der Waals surface area contributed by atoms with E-state index < -0.39 is 150 Å². The number of carbonyl (C=O) groups is 1. The van der Waals surface area contributed by atoms with Crippen molar-refractivity contribution < 1.29 is 189 Å². The lowest BCUT2D eigenvalue weighted by molar-refractivity contribution is -0.475. The molecule has 0 spiro atoms. The highest BCUT2D eigenvalue weighted by Gasteiger charge is 3.00. The summed E-state index contributed by atoms with van der Waals surface area (Å²) in [5, 5.41) is 0. The monoisotopic (exact) mass is 1120 g/mol. The van der Waals surface area contributed by atoms with Crippen LogP contribution in [-0.2, 0) is 4.79 Å². The molecule has 0 atom stereocenters. The largest absolute Gasteiger partial charge is 0.460 e. The average molecular weight is 1120 g/mol. The molecular formula is C25H8F42O. The first-order valence-electron chi connectivity index (χ1n) is 15.0. The topological polar surface area (TPSA) is 17.1 Å². The van der Waals surface area contributed by atoms with Crippen LogP contribution in [0.3, 0.4) is 0 Å². The second-order valence-electron chi connectivity index (χ2n) is 13.3. The highest BCUT2D eigenvalue weighted by atomic mass is 19.5. The third kappa shape index (κ3) is 8.11. The normalized spacial score (nSPS) is 17.0. The van der Waals surface area contributed by atoms with Crippen LogP contribution < -0.4 is 0 Å². The zero-order valence-electron chi connectivity index (χ0n) is 29.6. The maximum Gasteiger partial charge on any atom is 0.460 e. The first-order chi connectivity index (χ1) is 28.6. The van der Waals surface area contributed by atoms with Crippen LogP contribution in [0, 0.1) is 5.92 Å². The van der Waals surface area contributed by atoms with Gasteiger partial charge in [-0.15, -0.1) is 0 Å². The fraction of sp³-hybridized carbons (Fsp3) is 0.960. The number of rotatable bonds is 22. The van der Waals surface area contributed by atoms with Crippen molar-refractivity contribution in [1.29, 1.82) is 0 Å². The van der Waals surface area contributed by atoms with Gasteiger partial charge >= 0.3 is 119 Å². The molecule has 0 fully saturated rings. The van der Waals surface area contributed by atoms with E-state index in [1.165, 1.54) is 0 Å². The molecular weight excluding hydrogens is 1110 g/mol. The number of alkyl halides is 42. The van der Waals surface area contributed by atoms with Gasteiger partial charge in [0.2, 0.25) is 0 Å². The van der Waals surface area contributed by atoms with E-state index in [0.717, 1.165) is 0 Å². The fourth-order valence-corrected chi connectivity index (χ4v) is 4.54. The van der Waals surface area contributed by atoms with Crippen molar-refractivity contribution in [1.82, 2.24) is 0 Å². The van der Waals surface area contributed by atoms with Crippen molar-refractivity contribution in [3.63, 3.8) is 0 Å². The molecule has 1 nitrogen and oxygen atoms in total. The lowest BCUT2D eigenvalue weighted by atomic mass is 9.81. The molecule has 0 aromatic heterocycles. The Morgan fingerprint density at radius 2 is 0.353 bits per heavy atom. The number of hydrogen-bond acceptors (Lipinski definition) is 1. The maximum absolute atomic E-state index is 14.4. The van der Waals surface area contributed by atoms with Gasteiger partial charge in [0.25, 0.3) is 0 Å². The van der Waals surface area contributed by atoms with Crippen LogP contribution in [0.5, 0.6) is 0 Å². The third-order valence-electron chi connectivity index (χ3n) is 8.67. The zero-order valence-corrected chi connectivity index (χ0v) is 29.6. The van der Waals surface area contributed by atoms with Gasteiger partial charge in [0.1, 0.15) is 6.29 Å². The fourth-order valence-electron chi connectivity index (χ4n) is 4.54. The summed E-state index contributed by atoms with van der Waals surface area (Å²) in [7, 11) is 0. The zero-order chi connectivity index (χ0) is 56.4. The Hall–Kier alpha value is -3.27. The van der Waals surface area contributed by atoms with Crippen molar-refractivity contribution in [3.05, 3.63) is 0 Å². The van der Waals surface area contributed by atoms with E-state index in [4.69, 9.17) is 0 Å². The predicted molar refractivity (Wildman–Crippen MR) is 125 cm³/mol. The Bertz CT molecular complexity index is 1660. The predicted octanol–water partition coefficient (Wildman–Crippen LogP) is 14.5. The van der Waals surface area contributed by atoms with Crippen molar-refractivity contribution in [2.24, 2.45) is 5.92 Å². The minimum absolute atomic E-state index is 1.62. The molecule has 0 aliphatic rings. The molecule has 43 heteroatoms. The second-order valence-corrected chi connectivity index (χ2v) is 13.3. The van der Waals surface area contributed by atoms with Gasteiger partial charge in [-0.05, 0) is 5.92 Å². The molecule has 0 heterocycles. The molecule has 0 aromatic rings. The van der Waals surface area contributed by atoms with E-state index >= 15 is 0 Å². The number of aldehydes is 1. The van der Waals surface area contributed by atoms with Gasteiger partial charge in [-0.3, -0.25) is 0 Å². The van der Waals surface area contributed by atoms with Crippen LogP contribution in [0.4, 0.5) is 184 Å². The number of carbonyl (C=O) groups excluding carboxylic acids is 1. The van der Waals surface area contributed by atoms with Gasteiger partial charge in [-0.1, -0.05) is 0 Å². The van der Waals surface area contributed by atoms with E-state index in [-0.39, 0.29) is 0 Å². The Morgan fingerprint density at radius 3 is 0.485 bits per heavy atom. The molecule has 0 rings (SSSR count). The third-order valence-corrected chi connectivity index (χ3v) is 8.67. The van der Waals surface area contributed by atoms with E-state index in [1.54, 1.807) is 0 Å². The summed E-state index contributed by atoms with van der Waals surface area (Å²) in [6.07, 6.45) is -30.9. The summed E-state index contributed by atoms with van der Waals surface area (Å²) in [5.41, 5.74) is 0. The quantitative estimate of drug-likeness (QED) is 0.0780. The molecule has 0 N–H and O–H groups in total. The summed E-state index contributed by atoms with van der Waals surface area (Å²) < 4.78 is 570. The Morgan fingerprint density at radius 1 is 0.221 bits per heavy atom. The van der Waals surface area contributed by atoms with Gasteiger partial charge in [0.05, 0.1) is 0 Å². The highest BCUT2D eigenvalue weighted by molar-refractivity contribution is 5.49. The molecule has 0 unspecified atom stereocenters. The second kappa shape index (κ2) is 16.4. The molecule has 0 bridgehead atoms. The summed E-state index contributed by atoms with van der Waals surface area (Å²) in [4.78, 5) is 10.6. The molecule has 0 aliphatic carbocycles. The Kier molecular flexibility index (Phi) is 15.6. The van der Waals surface area contributed by atoms with Crippen LogP contribution >= 0.6 is 0 Å². The number of hydrogen-bond donors (Lipinski definition) is 0. The molecule has 408 valence electrons. The molecule has 0 radical (unpaired) electrons. The van der Waals surface area contributed by atoms with E-state index in [2.05, 4.69) is 0 Å². The molecule has 0 amide bonds. The van der Waals surface area contributed by atoms with Gasteiger partial charge < -0.3 is 4.79 Å². The minimum Gasteiger partial charge on any atom is -0.303 e. The maximum atomic E-state index is 14.4. The van der Waals surface area contributed by atoms with Gasteiger partial charge in [-0.25, -0.2) is 0 Å². The van der Waals surface area contributed by atoms with Crippen molar-refractivity contribution in [3.8, 4) is 0 Å². The van der Waals surface area contributed by atoms with Crippen LogP contribution in [0.25, 0.3) is 0 Å². The van der Waals surface area contributed by atoms with Crippen LogP contribution in [0.1, 0.15) is 19.3 Å². The molecule has 0 aliphatic heterocycles. The Labute approximate surface area is 341 Å².